The number of anilines is 1. The Hall–Kier alpha value is -1.65. The summed E-state index contributed by atoms with van der Waals surface area (Å²) < 4.78 is 12.6. The van der Waals surface area contributed by atoms with E-state index in [2.05, 4.69) is 10.3 Å². The molecule has 1 aromatic rings. The second-order valence-electron chi connectivity index (χ2n) is 3.70. The second-order valence-corrected chi connectivity index (χ2v) is 3.70. The van der Waals surface area contributed by atoms with E-state index >= 15 is 0 Å². The van der Waals surface area contributed by atoms with E-state index in [1.807, 2.05) is 0 Å². The monoisotopic (exact) mass is 209 g/mol. The molecule has 1 heterocycles. The molecule has 3 N–H and O–H groups in total. The Kier molecular flexibility index (Phi) is 2.53. The van der Waals surface area contributed by atoms with Crippen LogP contribution in [0.1, 0.15) is 23.2 Å². The summed E-state index contributed by atoms with van der Waals surface area (Å²) in [5, 5.41) is 3.08. The lowest BCUT2D eigenvalue weighted by molar-refractivity contribution is 0.100. The van der Waals surface area contributed by atoms with E-state index in [1.165, 1.54) is 6.20 Å². The van der Waals surface area contributed by atoms with Gasteiger partial charge in [0.25, 0.3) is 5.91 Å². The van der Waals surface area contributed by atoms with Crippen molar-refractivity contribution in [1.29, 1.82) is 0 Å². The number of nitrogens with zero attached hydrogens (tertiary/aromatic N) is 1. The zero-order chi connectivity index (χ0) is 10.8. The fourth-order valence-electron chi connectivity index (χ4n) is 1.60. The number of carbonyl (C=O) groups is 1. The first-order chi connectivity index (χ1) is 7.16. The van der Waals surface area contributed by atoms with Crippen LogP contribution in [0.2, 0.25) is 0 Å². The zero-order valence-electron chi connectivity index (χ0n) is 8.11. The van der Waals surface area contributed by atoms with Crippen molar-refractivity contribution in [2.45, 2.75) is 25.1 Å². The molecule has 1 aliphatic rings. The van der Waals surface area contributed by atoms with Crippen LogP contribution in [0, 0.1) is 0 Å². The van der Waals surface area contributed by atoms with Crippen LogP contribution in [-0.4, -0.2) is 23.1 Å². The van der Waals surface area contributed by atoms with Gasteiger partial charge in [0.1, 0.15) is 6.17 Å². The number of amides is 1. The minimum atomic E-state index is -0.721. The van der Waals surface area contributed by atoms with E-state index in [1.54, 1.807) is 12.3 Å². The van der Waals surface area contributed by atoms with Gasteiger partial charge in [-0.1, -0.05) is 0 Å². The predicted molar refractivity (Wildman–Crippen MR) is 54.3 cm³/mol. The number of aromatic nitrogens is 1. The van der Waals surface area contributed by atoms with E-state index in [0.717, 1.165) is 0 Å². The highest BCUT2D eigenvalue weighted by atomic mass is 19.1. The van der Waals surface area contributed by atoms with Crippen molar-refractivity contribution in [2.75, 3.05) is 5.32 Å². The molecule has 1 amide bonds. The molecule has 1 saturated carbocycles. The molecule has 80 valence electrons. The van der Waals surface area contributed by atoms with Crippen LogP contribution in [0.15, 0.2) is 18.5 Å². The number of pyridine rings is 1. The number of hydrogen-bond donors (Lipinski definition) is 2. The Balaban J connectivity index is 2.10. The van der Waals surface area contributed by atoms with Crippen molar-refractivity contribution >= 4 is 11.6 Å². The van der Waals surface area contributed by atoms with Crippen molar-refractivity contribution < 1.29 is 9.18 Å². The summed E-state index contributed by atoms with van der Waals surface area (Å²) in [4.78, 5) is 14.9. The molecule has 0 aromatic carbocycles. The van der Waals surface area contributed by atoms with E-state index in [9.17, 15) is 9.18 Å². The maximum atomic E-state index is 12.6. The average Bonchev–Trinajstić information content (AvgIpc) is 2.16. The molecular formula is C10H12FN3O. The summed E-state index contributed by atoms with van der Waals surface area (Å²) in [5.41, 5.74) is 6.16. The molecule has 5 heteroatoms. The Morgan fingerprint density at radius 1 is 1.60 bits per heavy atom. The first kappa shape index (κ1) is 9.89. The molecule has 2 rings (SSSR count). The predicted octanol–water partition coefficient (Wildman–Crippen LogP) is 1.09. The first-order valence-electron chi connectivity index (χ1n) is 4.81. The Morgan fingerprint density at radius 3 is 2.93 bits per heavy atom. The van der Waals surface area contributed by atoms with E-state index in [-0.39, 0.29) is 6.04 Å². The highest BCUT2D eigenvalue weighted by molar-refractivity contribution is 5.98. The first-order valence-corrected chi connectivity index (χ1v) is 4.81. The Bertz CT molecular complexity index is 377. The Labute approximate surface area is 86.7 Å². The highest BCUT2D eigenvalue weighted by Gasteiger charge is 2.29. The number of rotatable bonds is 3. The molecule has 1 aromatic heterocycles. The van der Waals surface area contributed by atoms with Crippen LogP contribution in [0.25, 0.3) is 0 Å². The lowest BCUT2D eigenvalue weighted by Gasteiger charge is -2.31. The molecule has 0 bridgehead atoms. The number of alkyl halides is 1. The zero-order valence-corrected chi connectivity index (χ0v) is 8.11. The van der Waals surface area contributed by atoms with Gasteiger partial charge in [-0.15, -0.1) is 0 Å². The molecule has 4 nitrogen and oxygen atoms in total. The quantitative estimate of drug-likeness (QED) is 0.783. The van der Waals surface area contributed by atoms with Crippen molar-refractivity contribution in [3.05, 3.63) is 24.0 Å². The summed E-state index contributed by atoms with van der Waals surface area (Å²) in [5.74, 6) is -0.526. The summed E-state index contributed by atoms with van der Waals surface area (Å²) >= 11 is 0. The van der Waals surface area contributed by atoms with Gasteiger partial charge in [-0.25, -0.2) is 4.39 Å². The molecule has 0 saturated heterocycles. The largest absolute Gasteiger partial charge is 0.381 e. The standard InChI is InChI=1S/C10H12FN3O/c11-6-3-7(4-6)14-9-1-2-13-5-8(9)10(12)15/h1-2,5-7H,3-4H2,(H2,12,15)(H,13,14). The SMILES string of the molecule is NC(=O)c1cnccc1NC1CC(F)C1. The topological polar surface area (TPSA) is 68.0 Å². The van der Waals surface area contributed by atoms with Gasteiger partial charge in [-0.2, -0.15) is 0 Å². The lowest BCUT2D eigenvalue weighted by Crippen LogP contribution is -2.37. The third kappa shape index (κ3) is 2.06. The number of primary amides is 1. The number of hydrogen-bond acceptors (Lipinski definition) is 3. The average molecular weight is 209 g/mol. The molecular weight excluding hydrogens is 197 g/mol. The van der Waals surface area contributed by atoms with Crippen molar-refractivity contribution in [3.63, 3.8) is 0 Å². The summed E-state index contributed by atoms with van der Waals surface area (Å²) in [6.45, 7) is 0. The fourth-order valence-corrected chi connectivity index (χ4v) is 1.60. The summed E-state index contributed by atoms with van der Waals surface area (Å²) in [7, 11) is 0. The molecule has 15 heavy (non-hydrogen) atoms. The maximum Gasteiger partial charge on any atom is 0.252 e. The van der Waals surface area contributed by atoms with Crippen molar-refractivity contribution in [1.82, 2.24) is 4.98 Å². The number of halogens is 1. The van der Waals surface area contributed by atoms with Gasteiger partial charge in [-0.3, -0.25) is 9.78 Å². The second kappa shape index (κ2) is 3.84. The van der Waals surface area contributed by atoms with Crippen LogP contribution >= 0.6 is 0 Å². The minimum Gasteiger partial charge on any atom is -0.381 e. The normalized spacial score (nSPS) is 24.3. The minimum absolute atomic E-state index is 0.0977. The van der Waals surface area contributed by atoms with Gasteiger partial charge in [-0.05, 0) is 18.9 Å². The molecule has 0 spiro atoms. The summed E-state index contributed by atoms with van der Waals surface area (Å²) in [6, 6.07) is 1.77. The van der Waals surface area contributed by atoms with Crippen LogP contribution in [0.3, 0.4) is 0 Å². The van der Waals surface area contributed by atoms with Gasteiger partial charge < -0.3 is 11.1 Å². The molecule has 1 aliphatic carbocycles. The van der Waals surface area contributed by atoms with E-state index in [0.29, 0.717) is 24.1 Å². The van der Waals surface area contributed by atoms with Crippen LogP contribution in [0.4, 0.5) is 10.1 Å². The molecule has 1 fully saturated rings. The van der Waals surface area contributed by atoms with Crippen LogP contribution in [0.5, 0.6) is 0 Å². The Morgan fingerprint density at radius 2 is 2.33 bits per heavy atom. The maximum absolute atomic E-state index is 12.6. The third-order valence-corrected chi connectivity index (χ3v) is 2.53. The lowest BCUT2D eigenvalue weighted by atomic mass is 9.90. The van der Waals surface area contributed by atoms with Crippen LogP contribution in [-0.2, 0) is 0 Å². The highest BCUT2D eigenvalue weighted by Crippen LogP contribution is 2.27. The van der Waals surface area contributed by atoms with Gasteiger partial charge in [0.2, 0.25) is 0 Å². The number of nitrogens with two attached hydrogens (primary N) is 1. The van der Waals surface area contributed by atoms with E-state index < -0.39 is 12.1 Å². The molecule has 0 aliphatic heterocycles. The van der Waals surface area contributed by atoms with Crippen LogP contribution < -0.4 is 11.1 Å². The van der Waals surface area contributed by atoms with Gasteiger partial charge in [0.15, 0.2) is 0 Å². The van der Waals surface area contributed by atoms with Gasteiger partial charge >= 0.3 is 0 Å². The van der Waals surface area contributed by atoms with Gasteiger partial charge in [0.05, 0.1) is 11.3 Å². The molecule has 0 atom stereocenters. The number of nitrogens with one attached hydrogen (secondary N) is 1. The van der Waals surface area contributed by atoms with E-state index in [4.69, 9.17) is 5.73 Å². The smallest absolute Gasteiger partial charge is 0.252 e. The number of carbonyl (C=O) groups excluding carboxylic acids is 1. The van der Waals surface area contributed by atoms with Crippen molar-refractivity contribution in [3.8, 4) is 0 Å². The summed E-state index contributed by atoms with van der Waals surface area (Å²) in [6.07, 6.45) is 3.24. The molecule has 0 radical (unpaired) electrons. The third-order valence-electron chi connectivity index (χ3n) is 2.53. The van der Waals surface area contributed by atoms with Gasteiger partial charge in [0, 0.05) is 18.4 Å². The fraction of sp³-hybridized carbons (Fsp3) is 0.400. The van der Waals surface area contributed by atoms with Crippen molar-refractivity contribution in [2.24, 2.45) is 5.73 Å². The molecule has 0 unspecified atom stereocenters.